The van der Waals surface area contributed by atoms with E-state index in [4.69, 9.17) is 9.47 Å². The molecule has 1 aromatic heterocycles. The number of nitrogens with zero attached hydrogens (tertiary/aromatic N) is 2. The Morgan fingerprint density at radius 1 is 1.03 bits per heavy atom. The van der Waals surface area contributed by atoms with E-state index in [1.54, 1.807) is 30.0 Å². The van der Waals surface area contributed by atoms with Gasteiger partial charge in [0.25, 0.3) is 11.5 Å². The van der Waals surface area contributed by atoms with Gasteiger partial charge in [0.1, 0.15) is 0 Å². The van der Waals surface area contributed by atoms with Crippen molar-refractivity contribution < 1.29 is 14.3 Å². The van der Waals surface area contributed by atoms with Gasteiger partial charge in [-0.05, 0) is 44.0 Å². The number of ether oxygens (including phenoxy) is 2. The fourth-order valence-corrected chi connectivity index (χ4v) is 3.82. The highest BCUT2D eigenvalue weighted by Crippen LogP contribution is 2.32. The lowest BCUT2D eigenvalue weighted by atomic mass is 10.0. The van der Waals surface area contributed by atoms with Crippen LogP contribution in [0.3, 0.4) is 0 Å². The van der Waals surface area contributed by atoms with E-state index in [-0.39, 0.29) is 17.4 Å². The highest BCUT2D eigenvalue weighted by atomic mass is 16.5. The van der Waals surface area contributed by atoms with Crippen molar-refractivity contribution in [1.82, 2.24) is 14.8 Å². The quantitative estimate of drug-likeness (QED) is 0.557. The topological polar surface area (TPSA) is 72.8 Å². The van der Waals surface area contributed by atoms with Crippen molar-refractivity contribution in [1.29, 1.82) is 0 Å². The molecular formula is C24H37N3O4. The lowest BCUT2D eigenvalue weighted by Gasteiger charge is -2.21. The van der Waals surface area contributed by atoms with Crippen LogP contribution in [0.15, 0.2) is 23.1 Å². The maximum absolute atomic E-state index is 13.1. The minimum absolute atomic E-state index is 0.140. The minimum Gasteiger partial charge on any atom is -0.493 e. The summed E-state index contributed by atoms with van der Waals surface area (Å²) in [5, 5.41) is 4.05. The van der Waals surface area contributed by atoms with E-state index >= 15 is 0 Å². The number of amides is 1. The monoisotopic (exact) mass is 431 g/mol. The summed E-state index contributed by atoms with van der Waals surface area (Å²) in [7, 11) is 3.07. The average molecular weight is 432 g/mol. The van der Waals surface area contributed by atoms with Crippen molar-refractivity contribution in [3.8, 4) is 11.5 Å². The number of carbonyl (C=O) groups is 1. The highest BCUT2D eigenvalue weighted by molar-refractivity contribution is 6.07. The van der Waals surface area contributed by atoms with Crippen LogP contribution in [0, 0.1) is 5.92 Å². The molecule has 2 aromatic rings. The van der Waals surface area contributed by atoms with Gasteiger partial charge in [-0.2, -0.15) is 0 Å². The van der Waals surface area contributed by atoms with Gasteiger partial charge in [0.2, 0.25) is 0 Å². The van der Waals surface area contributed by atoms with E-state index in [0.717, 1.165) is 32.5 Å². The molecule has 0 atom stereocenters. The molecule has 0 unspecified atom stereocenters. The van der Waals surface area contributed by atoms with Crippen molar-refractivity contribution >= 4 is 16.7 Å². The van der Waals surface area contributed by atoms with Gasteiger partial charge >= 0.3 is 0 Å². The van der Waals surface area contributed by atoms with E-state index in [9.17, 15) is 9.59 Å². The van der Waals surface area contributed by atoms with Crippen molar-refractivity contribution in [3.63, 3.8) is 0 Å². The molecule has 0 fully saturated rings. The number of methoxy groups -OCH3 is 2. The van der Waals surface area contributed by atoms with E-state index in [2.05, 4.69) is 24.1 Å². The molecule has 0 aliphatic rings. The van der Waals surface area contributed by atoms with Crippen LogP contribution < -0.4 is 20.3 Å². The van der Waals surface area contributed by atoms with Crippen molar-refractivity contribution in [2.75, 3.05) is 40.4 Å². The lowest BCUT2D eigenvalue weighted by molar-refractivity contribution is 0.0949. The molecule has 31 heavy (non-hydrogen) atoms. The Bertz CT molecular complexity index is 931. The van der Waals surface area contributed by atoms with Crippen LogP contribution >= 0.6 is 0 Å². The summed E-state index contributed by atoms with van der Waals surface area (Å²) < 4.78 is 12.4. The Hall–Kier alpha value is -2.54. The summed E-state index contributed by atoms with van der Waals surface area (Å²) in [6, 6.07) is 3.37. The first-order valence-corrected chi connectivity index (χ1v) is 11.2. The van der Waals surface area contributed by atoms with Crippen LogP contribution in [-0.4, -0.2) is 55.8 Å². The first kappa shape index (κ1) is 24.7. The van der Waals surface area contributed by atoms with Gasteiger partial charge in [-0.15, -0.1) is 0 Å². The molecule has 1 heterocycles. The molecule has 0 radical (unpaired) electrons. The molecule has 0 saturated carbocycles. The Morgan fingerprint density at radius 3 is 2.13 bits per heavy atom. The molecule has 0 saturated heterocycles. The Labute approximate surface area is 185 Å². The molecule has 7 nitrogen and oxygen atoms in total. The number of benzene rings is 1. The summed E-state index contributed by atoms with van der Waals surface area (Å²) in [6.07, 6.45) is 3.84. The van der Waals surface area contributed by atoms with Crippen LogP contribution in [-0.2, 0) is 6.54 Å². The zero-order chi connectivity index (χ0) is 23.0. The number of pyridine rings is 1. The van der Waals surface area contributed by atoms with Gasteiger partial charge in [-0.25, -0.2) is 0 Å². The third-order valence-corrected chi connectivity index (χ3v) is 5.19. The van der Waals surface area contributed by atoms with Gasteiger partial charge in [0.05, 0.1) is 25.2 Å². The van der Waals surface area contributed by atoms with Gasteiger partial charge in [-0.1, -0.05) is 27.7 Å². The predicted octanol–water partition coefficient (Wildman–Crippen LogP) is 3.53. The van der Waals surface area contributed by atoms with Crippen molar-refractivity contribution in [2.24, 2.45) is 5.92 Å². The van der Waals surface area contributed by atoms with E-state index in [1.165, 1.54) is 7.11 Å². The van der Waals surface area contributed by atoms with E-state index in [1.807, 2.05) is 13.8 Å². The number of nitrogens with one attached hydrogen (secondary N) is 1. The SMILES string of the molecule is CCCN(CCC)CCNC(=O)c1cn(CC(C)C)c(=O)c2cc(OC)c(OC)cc12. The lowest BCUT2D eigenvalue weighted by Crippen LogP contribution is -2.36. The summed E-state index contributed by atoms with van der Waals surface area (Å²) in [6.45, 7) is 12.3. The molecule has 1 amide bonds. The number of aromatic nitrogens is 1. The molecular weight excluding hydrogens is 394 g/mol. The second-order valence-corrected chi connectivity index (χ2v) is 8.24. The number of hydrogen-bond acceptors (Lipinski definition) is 5. The van der Waals surface area contributed by atoms with Crippen LogP contribution in [0.1, 0.15) is 50.9 Å². The first-order valence-electron chi connectivity index (χ1n) is 11.2. The molecule has 1 N–H and O–H groups in total. The molecule has 7 heteroatoms. The Kier molecular flexibility index (Phi) is 9.37. The number of fused-ring (bicyclic) bond motifs is 1. The molecule has 0 spiro atoms. The van der Waals surface area contributed by atoms with Gasteiger partial charge in [0, 0.05) is 31.2 Å². The maximum Gasteiger partial charge on any atom is 0.258 e. The molecule has 2 rings (SSSR count). The van der Waals surface area contributed by atoms with Crippen LogP contribution in [0.25, 0.3) is 10.8 Å². The molecule has 0 aliphatic carbocycles. The number of rotatable bonds is 12. The fraction of sp³-hybridized carbons (Fsp3) is 0.583. The summed E-state index contributed by atoms with van der Waals surface area (Å²) in [5.41, 5.74) is 0.326. The summed E-state index contributed by atoms with van der Waals surface area (Å²) >= 11 is 0. The second-order valence-electron chi connectivity index (χ2n) is 8.24. The summed E-state index contributed by atoms with van der Waals surface area (Å²) in [5.74, 6) is 1.03. The zero-order valence-corrected chi connectivity index (χ0v) is 19.8. The number of hydrogen-bond donors (Lipinski definition) is 1. The Morgan fingerprint density at radius 2 is 1.61 bits per heavy atom. The molecule has 1 aromatic carbocycles. The van der Waals surface area contributed by atoms with Crippen molar-refractivity contribution in [3.05, 3.63) is 34.2 Å². The van der Waals surface area contributed by atoms with Gasteiger partial charge < -0.3 is 24.3 Å². The normalized spacial score (nSPS) is 11.4. The molecule has 172 valence electrons. The average Bonchev–Trinajstić information content (AvgIpc) is 2.74. The third kappa shape index (κ3) is 6.23. The first-order chi connectivity index (χ1) is 14.9. The standard InChI is InChI=1S/C24H37N3O4/c1-7-10-26(11-8-2)12-9-25-23(28)20-16-27(15-17(3)4)24(29)19-14-22(31-6)21(30-5)13-18(19)20/h13-14,16-17H,7-12,15H2,1-6H3,(H,25,28). The van der Waals surface area contributed by atoms with Crippen LogP contribution in [0.2, 0.25) is 0 Å². The summed E-state index contributed by atoms with van der Waals surface area (Å²) in [4.78, 5) is 28.6. The maximum atomic E-state index is 13.1. The fourth-order valence-electron chi connectivity index (χ4n) is 3.82. The van der Waals surface area contributed by atoms with Crippen LogP contribution in [0.5, 0.6) is 11.5 Å². The Balaban J connectivity index is 2.42. The predicted molar refractivity (Wildman–Crippen MR) is 126 cm³/mol. The second kappa shape index (κ2) is 11.7. The van der Waals surface area contributed by atoms with Crippen molar-refractivity contribution in [2.45, 2.75) is 47.1 Å². The van der Waals surface area contributed by atoms with Crippen LogP contribution in [0.4, 0.5) is 0 Å². The molecule has 0 aliphatic heterocycles. The molecule has 0 bridgehead atoms. The zero-order valence-electron chi connectivity index (χ0n) is 19.8. The minimum atomic E-state index is -0.192. The van der Waals surface area contributed by atoms with E-state index < -0.39 is 0 Å². The van der Waals surface area contributed by atoms with Gasteiger partial charge in [-0.3, -0.25) is 9.59 Å². The number of carbonyl (C=O) groups excluding carboxylic acids is 1. The van der Waals surface area contributed by atoms with Gasteiger partial charge in [0.15, 0.2) is 11.5 Å². The third-order valence-electron chi connectivity index (χ3n) is 5.19. The van der Waals surface area contributed by atoms with E-state index in [0.29, 0.717) is 40.9 Å². The smallest absolute Gasteiger partial charge is 0.258 e. The highest BCUT2D eigenvalue weighted by Gasteiger charge is 2.19. The largest absolute Gasteiger partial charge is 0.493 e.